The van der Waals surface area contributed by atoms with E-state index in [9.17, 15) is 4.79 Å². The second kappa shape index (κ2) is 5.69. The summed E-state index contributed by atoms with van der Waals surface area (Å²) in [5.74, 6) is -0.0450. The highest BCUT2D eigenvalue weighted by Gasteiger charge is 2.10. The number of anilines is 1. The van der Waals surface area contributed by atoms with E-state index in [0.29, 0.717) is 12.1 Å². The van der Waals surface area contributed by atoms with Crippen LogP contribution in [0.1, 0.15) is 20.8 Å². The van der Waals surface area contributed by atoms with Gasteiger partial charge in [-0.2, -0.15) is 0 Å². The van der Waals surface area contributed by atoms with E-state index in [4.69, 9.17) is 0 Å². The van der Waals surface area contributed by atoms with Gasteiger partial charge < -0.3 is 10.6 Å². The molecule has 0 saturated heterocycles. The van der Waals surface area contributed by atoms with E-state index in [2.05, 4.69) is 10.6 Å². The zero-order valence-electron chi connectivity index (χ0n) is 10.5. The first-order valence-corrected chi connectivity index (χ1v) is 6.67. The lowest BCUT2D eigenvalue weighted by molar-refractivity contribution is 0.0952. The topological polar surface area (TPSA) is 41.1 Å². The van der Waals surface area contributed by atoms with Crippen LogP contribution < -0.4 is 10.6 Å². The molecule has 0 aliphatic rings. The molecule has 0 unspecified atom stereocenters. The molecule has 4 heteroatoms. The van der Waals surface area contributed by atoms with Crippen LogP contribution in [0.3, 0.4) is 0 Å². The van der Waals surface area contributed by atoms with Gasteiger partial charge in [-0.15, -0.1) is 11.3 Å². The molecule has 1 amide bonds. The number of carbonyl (C=O) groups is 1. The van der Waals surface area contributed by atoms with Gasteiger partial charge in [-0.05, 0) is 30.5 Å². The molecule has 18 heavy (non-hydrogen) atoms. The van der Waals surface area contributed by atoms with E-state index >= 15 is 0 Å². The van der Waals surface area contributed by atoms with Crippen molar-refractivity contribution in [2.24, 2.45) is 0 Å². The van der Waals surface area contributed by atoms with Crippen molar-refractivity contribution in [3.8, 4) is 0 Å². The highest BCUT2D eigenvalue weighted by atomic mass is 32.1. The van der Waals surface area contributed by atoms with E-state index in [-0.39, 0.29) is 5.91 Å². The van der Waals surface area contributed by atoms with Gasteiger partial charge in [0.05, 0.1) is 12.1 Å². The molecule has 0 saturated carbocycles. The van der Waals surface area contributed by atoms with Gasteiger partial charge in [0.2, 0.25) is 0 Å². The predicted molar refractivity (Wildman–Crippen MR) is 76.2 cm³/mol. The summed E-state index contributed by atoms with van der Waals surface area (Å²) in [4.78, 5) is 13.3. The van der Waals surface area contributed by atoms with Crippen molar-refractivity contribution in [2.75, 3.05) is 12.4 Å². The number of hydrogen-bond acceptors (Lipinski definition) is 3. The van der Waals surface area contributed by atoms with Gasteiger partial charge in [-0.3, -0.25) is 4.79 Å². The minimum Gasteiger partial charge on any atom is -0.387 e. The zero-order valence-corrected chi connectivity index (χ0v) is 11.3. The maximum Gasteiger partial charge on any atom is 0.253 e. The molecule has 0 spiro atoms. The lowest BCUT2D eigenvalue weighted by Gasteiger charge is -2.10. The number of aryl methyl sites for hydroxylation is 1. The Balaban J connectivity index is 2.10. The highest BCUT2D eigenvalue weighted by Crippen LogP contribution is 2.17. The number of carbonyl (C=O) groups excluding carboxylic acids is 1. The molecule has 0 aliphatic carbocycles. The Hall–Kier alpha value is -1.81. The maximum absolute atomic E-state index is 12.1. The Morgan fingerprint density at radius 2 is 2.17 bits per heavy atom. The largest absolute Gasteiger partial charge is 0.387 e. The molecular weight excluding hydrogens is 244 g/mol. The van der Waals surface area contributed by atoms with Gasteiger partial charge >= 0.3 is 0 Å². The van der Waals surface area contributed by atoms with Crippen molar-refractivity contribution in [2.45, 2.75) is 13.5 Å². The first-order chi connectivity index (χ1) is 8.70. The molecular formula is C14H16N2OS. The fourth-order valence-electron chi connectivity index (χ4n) is 1.74. The number of nitrogens with one attached hydrogen (secondary N) is 2. The van der Waals surface area contributed by atoms with Gasteiger partial charge in [0.25, 0.3) is 5.91 Å². The zero-order chi connectivity index (χ0) is 13.0. The molecule has 0 radical (unpaired) electrons. The van der Waals surface area contributed by atoms with Crippen LogP contribution in [-0.2, 0) is 6.54 Å². The average molecular weight is 260 g/mol. The van der Waals surface area contributed by atoms with Gasteiger partial charge in [0.15, 0.2) is 0 Å². The lowest BCUT2D eigenvalue weighted by atomic mass is 10.1. The smallest absolute Gasteiger partial charge is 0.253 e. The minimum absolute atomic E-state index is 0.0450. The van der Waals surface area contributed by atoms with Gasteiger partial charge in [-0.25, -0.2) is 0 Å². The first kappa shape index (κ1) is 12.6. The first-order valence-electron chi connectivity index (χ1n) is 5.79. The molecule has 0 bridgehead atoms. The van der Waals surface area contributed by atoms with E-state index in [1.54, 1.807) is 11.3 Å². The molecule has 2 rings (SSSR count). The Labute approximate surface area is 111 Å². The van der Waals surface area contributed by atoms with Gasteiger partial charge in [0.1, 0.15) is 0 Å². The Morgan fingerprint density at radius 1 is 1.33 bits per heavy atom. The summed E-state index contributed by atoms with van der Waals surface area (Å²) in [6, 6.07) is 9.81. The summed E-state index contributed by atoms with van der Waals surface area (Å²) >= 11 is 1.64. The van der Waals surface area contributed by atoms with Crippen LogP contribution in [0.4, 0.5) is 5.69 Å². The number of hydrogen-bond donors (Lipinski definition) is 2. The second-order valence-corrected chi connectivity index (χ2v) is 5.09. The summed E-state index contributed by atoms with van der Waals surface area (Å²) < 4.78 is 0. The van der Waals surface area contributed by atoms with Crippen molar-refractivity contribution in [1.29, 1.82) is 0 Å². The average Bonchev–Trinajstić information content (AvgIpc) is 2.89. The summed E-state index contributed by atoms with van der Waals surface area (Å²) in [5.41, 5.74) is 2.62. The van der Waals surface area contributed by atoms with Crippen LogP contribution in [-0.4, -0.2) is 13.0 Å². The van der Waals surface area contributed by atoms with Crippen molar-refractivity contribution in [1.82, 2.24) is 5.32 Å². The molecule has 1 aromatic carbocycles. The third-order valence-corrected chi connectivity index (χ3v) is 3.57. The molecule has 2 N–H and O–H groups in total. The number of rotatable bonds is 4. The van der Waals surface area contributed by atoms with Gasteiger partial charge in [-0.1, -0.05) is 17.7 Å². The number of amides is 1. The molecule has 0 aliphatic heterocycles. The van der Waals surface area contributed by atoms with E-state index in [0.717, 1.165) is 16.1 Å². The van der Waals surface area contributed by atoms with E-state index in [1.165, 1.54) is 0 Å². The molecule has 1 aromatic heterocycles. The van der Waals surface area contributed by atoms with Crippen LogP contribution in [0.2, 0.25) is 0 Å². The van der Waals surface area contributed by atoms with Crippen LogP contribution in [0.25, 0.3) is 0 Å². The second-order valence-electron chi connectivity index (χ2n) is 4.06. The fraction of sp³-hybridized carbons (Fsp3) is 0.214. The molecule has 94 valence electrons. The summed E-state index contributed by atoms with van der Waals surface area (Å²) in [5, 5.41) is 7.98. The number of benzene rings is 1. The third kappa shape index (κ3) is 2.90. The fourth-order valence-corrected chi connectivity index (χ4v) is 2.38. The minimum atomic E-state index is -0.0450. The van der Waals surface area contributed by atoms with Crippen LogP contribution in [0, 0.1) is 6.92 Å². The van der Waals surface area contributed by atoms with E-state index < -0.39 is 0 Å². The quantitative estimate of drug-likeness (QED) is 0.887. The Bertz CT molecular complexity index is 535. The SMILES string of the molecule is CNc1ccc(C)cc1C(=O)NCc1cccs1. The lowest BCUT2D eigenvalue weighted by Crippen LogP contribution is -2.23. The summed E-state index contributed by atoms with van der Waals surface area (Å²) in [6.07, 6.45) is 0. The summed E-state index contributed by atoms with van der Waals surface area (Å²) in [7, 11) is 1.82. The van der Waals surface area contributed by atoms with Crippen molar-refractivity contribution < 1.29 is 4.79 Å². The van der Waals surface area contributed by atoms with Crippen LogP contribution in [0.5, 0.6) is 0 Å². The molecule has 0 fully saturated rings. The van der Waals surface area contributed by atoms with Gasteiger partial charge in [0, 0.05) is 17.6 Å². The molecule has 1 heterocycles. The van der Waals surface area contributed by atoms with Crippen LogP contribution >= 0.6 is 11.3 Å². The Kier molecular flexibility index (Phi) is 3.99. The molecule has 0 atom stereocenters. The Morgan fingerprint density at radius 3 is 2.83 bits per heavy atom. The van der Waals surface area contributed by atoms with Crippen molar-refractivity contribution >= 4 is 22.9 Å². The van der Waals surface area contributed by atoms with Crippen molar-refractivity contribution in [3.05, 3.63) is 51.7 Å². The molecule has 2 aromatic rings. The third-order valence-electron chi connectivity index (χ3n) is 2.69. The standard InChI is InChI=1S/C14H16N2OS/c1-10-5-6-13(15-2)12(8-10)14(17)16-9-11-4-3-7-18-11/h3-8,15H,9H2,1-2H3,(H,16,17). The van der Waals surface area contributed by atoms with Crippen molar-refractivity contribution in [3.63, 3.8) is 0 Å². The summed E-state index contributed by atoms with van der Waals surface area (Å²) in [6.45, 7) is 2.56. The highest BCUT2D eigenvalue weighted by molar-refractivity contribution is 7.09. The maximum atomic E-state index is 12.1. The predicted octanol–water partition coefficient (Wildman–Crippen LogP) is 3.03. The van der Waals surface area contributed by atoms with E-state index in [1.807, 2.05) is 49.7 Å². The van der Waals surface area contributed by atoms with Crippen LogP contribution in [0.15, 0.2) is 35.7 Å². The normalized spacial score (nSPS) is 10.1. The monoisotopic (exact) mass is 260 g/mol. The number of thiophene rings is 1. The molecule has 3 nitrogen and oxygen atoms in total.